The SMILES string of the molecule is O=C(Nc1cccnc1Nc1ccc(O)cc1)c1ccc(F)cc1. The number of phenols is 1. The summed E-state index contributed by atoms with van der Waals surface area (Å²) < 4.78 is 12.9. The fourth-order valence-electron chi connectivity index (χ4n) is 2.08. The molecular weight excluding hydrogens is 309 g/mol. The average molecular weight is 323 g/mol. The summed E-state index contributed by atoms with van der Waals surface area (Å²) in [6.45, 7) is 0. The van der Waals surface area contributed by atoms with Gasteiger partial charge >= 0.3 is 0 Å². The van der Waals surface area contributed by atoms with Crippen molar-refractivity contribution >= 4 is 23.1 Å². The molecule has 0 aliphatic rings. The number of nitrogens with zero attached hydrogens (tertiary/aromatic N) is 1. The van der Waals surface area contributed by atoms with Crippen molar-refractivity contribution in [2.24, 2.45) is 0 Å². The van der Waals surface area contributed by atoms with Crippen molar-refractivity contribution in [1.82, 2.24) is 4.98 Å². The van der Waals surface area contributed by atoms with Gasteiger partial charge in [-0.3, -0.25) is 4.79 Å². The van der Waals surface area contributed by atoms with Crippen LogP contribution in [-0.4, -0.2) is 16.0 Å². The molecule has 120 valence electrons. The van der Waals surface area contributed by atoms with Gasteiger partial charge in [0.1, 0.15) is 11.6 Å². The van der Waals surface area contributed by atoms with Gasteiger partial charge in [0.05, 0.1) is 5.69 Å². The Morgan fingerprint density at radius 1 is 1.00 bits per heavy atom. The third-order valence-electron chi connectivity index (χ3n) is 3.29. The minimum absolute atomic E-state index is 0.159. The highest BCUT2D eigenvalue weighted by molar-refractivity contribution is 6.05. The Morgan fingerprint density at radius 2 is 1.71 bits per heavy atom. The lowest BCUT2D eigenvalue weighted by Crippen LogP contribution is -2.13. The van der Waals surface area contributed by atoms with Gasteiger partial charge in [-0.25, -0.2) is 9.37 Å². The standard InChI is InChI=1S/C18H14FN3O2/c19-13-5-3-12(4-6-13)18(24)22-16-2-1-11-20-17(16)21-14-7-9-15(23)10-8-14/h1-11,23H,(H,20,21)(H,22,24). The number of carbonyl (C=O) groups is 1. The Kier molecular flexibility index (Phi) is 4.38. The summed E-state index contributed by atoms with van der Waals surface area (Å²) in [6, 6.07) is 15.2. The van der Waals surface area contributed by atoms with Crippen LogP contribution in [0.25, 0.3) is 0 Å². The molecule has 3 N–H and O–H groups in total. The molecule has 0 saturated heterocycles. The van der Waals surface area contributed by atoms with Gasteiger partial charge in [-0.05, 0) is 60.7 Å². The van der Waals surface area contributed by atoms with Crippen LogP contribution in [0.15, 0.2) is 66.9 Å². The van der Waals surface area contributed by atoms with Gasteiger partial charge in [-0.1, -0.05) is 0 Å². The van der Waals surface area contributed by atoms with E-state index in [1.807, 2.05) is 0 Å². The summed E-state index contributed by atoms with van der Waals surface area (Å²) >= 11 is 0. The normalized spacial score (nSPS) is 10.2. The number of phenolic OH excluding ortho intramolecular Hbond substituents is 1. The zero-order chi connectivity index (χ0) is 16.9. The van der Waals surface area contributed by atoms with Crippen LogP contribution >= 0.6 is 0 Å². The Labute approximate surface area is 137 Å². The number of benzene rings is 2. The summed E-state index contributed by atoms with van der Waals surface area (Å²) in [5, 5.41) is 15.1. The van der Waals surface area contributed by atoms with Crippen molar-refractivity contribution in [2.75, 3.05) is 10.6 Å². The van der Waals surface area contributed by atoms with E-state index in [9.17, 15) is 14.3 Å². The molecule has 1 heterocycles. The quantitative estimate of drug-likeness (QED) is 0.636. The molecule has 0 aliphatic carbocycles. The molecule has 0 unspecified atom stereocenters. The van der Waals surface area contributed by atoms with Crippen LogP contribution in [0.5, 0.6) is 5.75 Å². The number of hydrogen-bond acceptors (Lipinski definition) is 4. The van der Waals surface area contributed by atoms with Crippen LogP contribution in [0.2, 0.25) is 0 Å². The number of halogens is 1. The van der Waals surface area contributed by atoms with E-state index in [1.54, 1.807) is 42.6 Å². The summed E-state index contributed by atoms with van der Waals surface area (Å²) in [4.78, 5) is 16.5. The molecule has 1 amide bonds. The molecule has 3 rings (SSSR count). The summed E-state index contributed by atoms with van der Waals surface area (Å²) in [6.07, 6.45) is 1.59. The maximum Gasteiger partial charge on any atom is 0.255 e. The molecule has 5 nitrogen and oxygen atoms in total. The average Bonchev–Trinajstić information content (AvgIpc) is 2.59. The largest absolute Gasteiger partial charge is 0.508 e. The van der Waals surface area contributed by atoms with Crippen molar-refractivity contribution < 1.29 is 14.3 Å². The highest BCUT2D eigenvalue weighted by Gasteiger charge is 2.10. The number of nitrogens with one attached hydrogen (secondary N) is 2. The molecular formula is C18H14FN3O2. The maximum atomic E-state index is 12.9. The molecule has 1 aromatic heterocycles. The monoisotopic (exact) mass is 323 g/mol. The number of aromatic nitrogens is 1. The fourth-order valence-corrected chi connectivity index (χ4v) is 2.08. The Morgan fingerprint density at radius 3 is 2.42 bits per heavy atom. The fraction of sp³-hybridized carbons (Fsp3) is 0. The highest BCUT2D eigenvalue weighted by atomic mass is 19.1. The molecule has 6 heteroatoms. The number of carbonyl (C=O) groups excluding carboxylic acids is 1. The van der Waals surface area contributed by atoms with E-state index in [2.05, 4.69) is 15.6 Å². The first-order chi connectivity index (χ1) is 11.6. The van der Waals surface area contributed by atoms with Gasteiger partial charge in [-0.2, -0.15) is 0 Å². The molecule has 2 aromatic carbocycles. The van der Waals surface area contributed by atoms with Gasteiger partial charge in [-0.15, -0.1) is 0 Å². The van der Waals surface area contributed by atoms with Gasteiger partial charge in [0.2, 0.25) is 0 Å². The molecule has 24 heavy (non-hydrogen) atoms. The van der Waals surface area contributed by atoms with E-state index in [-0.39, 0.29) is 11.7 Å². The third-order valence-corrected chi connectivity index (χ3v) is 3.29. The molecule has 3 aromatic rings. The number of amides is 1. The van der Waals surface area contributed by atoms with Crippen molar-refractivity contribution in [2.45, 2.75) is 0 Å². The van der Waals surface area contributed by atoms with E-state index in [1.165, 1.54) is 24.3 Å². The van der Waals surface area contributed by atoms with Crippen LogP contribution in [0, 0.1) is 5.82 Å². The number of pyridine rings is 1. The molecule has 0 spiro atoms. The molecule has 0 fully saturated rings. The summed E-state index contributed by atoms with van der Waals surface area (Å²) in [5.41, 5.74) is 1.54. The van der Waals surface area contributed by atoms with Gasteiger partial charge in [0, 0.05) is 17.4 Å². The number of anilines is 3. The summed E-state index contributed by atoms with van der Waals surface area (Å²) in [7, 11) is 0. The smallest absolute Gasteiger partial charge is 0.255 e. The zero-order valence-electron chi connectivity index (χ0n) is 12.5. The lowest BCUT2D eigenvalue weighted by atomic mass is 10.2. The van der Waals surface area contributed by atoms with Crippen LogP contribution in [0.4, 0.5) is 21.6 Å². The number of rotatable bonds is 4. The lowest BCUT2D eigenvalue weighted by molar-refractivity contribution is 0.102. The van der Waals surface area contributed by atoms with Crippen molar-refractivity contribution in [3.63, 3.8) is 0 Å². The Hall–Kier alpha value is -3.41. The Balaban J connectivity index is 1.79. The van der Waals surface area contributed by atoms with Gasteiger partial charge < -0.3 is 15.7 Å². The second kappa shape index (κ2) is 6.78. The topological polar surface area (TPSA) is 74.2 Å². The van der Waals surface area contributed by atoms with Crippen LogP contribution in [0.3, 0.4) is 0 Å². The predicted molar refractivity (Wildman–Crippen MR) is 90.0 cm³/mol. The van der Waals surface area contributed by atoms with Crippen molar-refractivity contribution in [3.8, 4) is 5.75 Å². The number of aromatic hydroxyl groups is 1. The van der Waals surface area contributed by atoms with Crippen molar-refractivity contribution in [1.29, 1.82) is 0 Å². The van der Waals surface area contributed by atoms with Crippen LogP contribution in [0.1, 0.15) is 10.4 Å². The third kappa shape index (κ3) is 3.67. The van der Waals surface area contributed by atoms with Crippen LogP contribution in [-0.2, 0) is 0 Å². The van der Waals surface area contributed by atoms with Crippen molar-refractivity contribution in [3.05, 3.63) is 78.2 Å². The predicted octanol–water partition coefficient (Wildman–Crippen LogP) is 3.92. The van der Waals surface area contributed by atoms with E-state index < -0.39 is 5.82 Å². The van der Waals surface area contributed by atoms with E-state index >= 15 is 0 Å². The van der Waals surface area contributed by atoms with E-state index in [0.29, 0.717) is 22.8 Å². The molecule has 0 aliphatic heterocycles. The second-order valence-electron chi connectivity index (χ2n) is 5.03. The van der Waals surface area contributed by atoms with Gasteiger partial charge in [0.15, 0.2) is 5.82 Å². The zero-order valence-corrected chi connectivity index (χ0v) is 12.5. The van der Waals surface area contributed by atoms with E-state index in [4.69, 9.17) is 0 Å². The lowest BCUT2D eigenvalue weighted by Gasteiger charge is -2.12. The molecule has 0 saturated carbocycles. The van der Waals surface area contributed by atoms with Gasteiger partial charge in [0.25, 0.3) is 5.91 Å². The maximum absolute atomic E-state index is 12.9. The van der Waals surface area contributed by atoms with Crippen LogP contribution < -0.4 is 10.6 Å². The molecule has 0 radical (unpaired) electrons. The molecule has 0 bridgehead atoms. The number of hydrogen-bond donors (Lipinski definition) is 3. The second-order valence-corrected chi connectivity index (χ2v) is 5.03. The summed E-state index contributed by atoms with van der Waals surface area (Å²) in [5.74, 6) is -0.149. The molecule has 0 atom stereocenters. The minimum atomic E-state index is -0.400. The van der Waals surface area contributed by atoms with E-state index in [0.717, 1.165) is 0 Å². The first-order valence-corrected chi connectivity index (χ1v) is 7.20. The first kappa shape index (κ1) is 15.5. The minimum Gasteiger partial charge on any atom is -0.508 e. The first-order valence-electron chi connectivity index (χ1n) is 7.20. The highest BCUT2D eigenvalue weighted by Crippen LogP contribution is 2.24. The Bertz CT molecular complexity index is 849.